The second-order valence-electron chi connectivity index (χ2n) is 5.61. The molecule has 0 unspecified atom stereocenters. The zero-order valence-electron chi connectivity index (χ0n) is 12.9. The Morgan fingerprint density at radius 2 is 1.96 bits per heavy atom. The number of hydrogen-bond donors (Lipinski definition) is 2. The molecule has 7 heteroatoms. The van der Waals surface area contributed by atoms with Gasteiger partial charge >= 0.3 is 0 Å². The summed E-state index contributed by atoms with van der Waals surface area (Å²) in [5.41, 5.74) is 8.62. The van der Waals surface area contributed by atoms with E-state index >= 15 is 0 Å². The predicted molar refractivity (Wildman–Crippen MR) is 99.6 cm³/mol. The first-order valence-electron chi connectivity index (χ1n) is 7.15. The number of hydrogen-bond acceptors (Lipinski definition) is 4. The van der Waals surface area contributed by atoms with Crippen LogP contribution in [0.5, 0.6) is 0 Å². The van der Waals surface area contributed by atoms with Gasteiger partial charge in [0.25, 0.3) is 0 Å². The number of aromatic nitrogens is 1. The van der Waals surface area contributed by atoms with Crippen LogP contribution in [0, 0.1) is 6.92 Å². The number of nitrogens with two attached hydrogens (primary N) is 1. The number of aryl methyl sites for hydroxylation is 1. The molecular weight excluding hydrogens is 353 g/mol. The Kier molecular flexibility index (Phi) is 7.02. The topological polar surface area (TPSA) is 68.0 Å². The van der Waals surface area contributed by atoms with Crippen molar-refractivity contribution < 1.29 is 4.79 Å². The molecule has 2 aromatic rings. The summed E-state index contributed by atoms with van der Waals surface area (Å²) in [6, 6.07) is 8.34. The van der Waals surface area contributed by atoms with Gasteiger partial charge < -0.3 is 11.1 Å². The van der Waals surface area contributed by atoms with Crippen LogP contribution >= 0.6 is 36.2 Å². The van der Waals surface area contributed by atoms with Crippen molar-refractivity contribution in [1.82, 2.24) is 10.3 Å². The van der Waals surface area contributed by atoms with E-state index in [4.69, 9.17) is 5.73 Å². The molecule has 1 fully saturated rings. The number of nitrogens with one attached hydrogen (secondary N) is 1. The van der Waals surface area contributed by atoms with Gasteiger partial charge in [0.2, 0.25) is 5.91 Å². The lowest BCUT2D eigenvalue weighted by atomic mass is 10.1. The van der Waals surface area contributed by atoms with E-state index in [1.54, 1.807) is 11.3 Å². The van der Waals surface area contributed by atoms with Gasteiger partial charge in [0.05, 0.1) is 16.2 Å². The minimum atomic E-state index is -0.577. The van der Waals surface area contributed by atoms with Gasteiger partial charge in [0.15, 0.2) is 0 Å². The van der Waals surface area contributed by atoms with E-state index in [1.807, 2.05) is 6.92 Å². The van der Waals surface area contributed by atoms with Crippen molar-refractivity contribution in [1.29, 1.82) is 0 Å². The fourth-order valence-electron chi connectivity index (χ4n) is 2.20. The van der Waals surface area contributed by atoms with Gasteiger partial charge in [-0.1, -0.05) is 24.3 Å². The Morgan fingerprint density at radius 3 is 2.48 bits per heavy atom. The Hall–Kier alpha value is -1.14. The highest BCUT2D eigenvalue weighted by molar-refractivity contribution is 7.09. The Labute approximate surface area is 152 Å². The Bertz CT molecular complexity index is 654. The fraction of sp³-hybridized carbons (Fsp3) is 0.375. The maximum Gasteiger partial charge on any atom is 0.240 e. The second-order valence-corrected chi connectivity index (χ2v) is 6.67. The minimum absolute atomic E-state index is 0. The van der Waals surface area contributed by atoms with Gasteiger partial charge in [-0.3, -0.25) is 4.79 Å². The van der Waals surface area contributed by atoms with Gasteiger partial charge in [-0.25, -0.2) is 4.98 Å². The number of benzene rings is 1. The summed E-state index contributed by atoms with van der Waals surface area (Å²) >= 11 is 1.66. The summed E-state index contributed by atoms with van der Waals surface area (Å²) < 4.78 is 0. The van der Waals surface area contributed by atoms with Gasteiger partial charge in [0, 0.05) is 17.5 Å². The van der Waals surface area contributed by atoms with E-state index in [-0.39, 0.29) is 30.7 Å². The number of thiazole rings is 1. The van der Waals surface area contributed by atoms with Crippen LogP contribution in [0.4, 0.5) is 0 Å². The molecule has 23 heavy (non-hydrogen) atoms. The Balaban J connectivity index is 0.00000132. The first kappa shape index (κ1) is 19.9. The van der Waals surface area contributed by atoms with E-state index in [0.29, 0.717) is 6.54 Å². The van der Waals surface area contributed by atoms with Crippen molar-refractivity contribution in [3.8, 4) is 11.3 Å². The summed E-state index contributed by atoms with van der Waals surface area (Å²) in [7, 11) is 0. The summed E-state index contributed by atoms with van der Waals surface area (Å²) in [5.74, 6) is -0.0166. The van der Waals surface area contributed by atoms with E-state index < -0.39 is 5.54 Å². The van der Waals surface area contributed by atoms with E-state index in [9.17, 15) is 4.79 Å². The molecular formula is C16H21Cl2N3OS. The van der Waals surface area contributed by atoms with Crippen molar-refractivity contribution in [3.63, 3.8) is 0 Å². The van der Waals surface area contributed by atoms with Crippen molar-refractivity contribution in [3.05, 3.63) is 40.2 Å². The molecule has 3 N–H and O–H groups in total. The molecule has 0 spiro atoms. The predicted octanol–water partition coefficient (Wildman–Crippen LogP) is 3.11. The quantitative estimate of drug-likeness (QED) is 0.845. The van der Waals surface area contributed by atoms with Crippen LogP contribution in [0.2, 0.25) is 0 Å². The highest BCUT2D eigenvalue weighted by atomic mass is 35.5. The van der Waals surface area contributed by atoms with Gasteiger partial charge in [-0.2, -0.15) is 0 Å². The van der Waals surface area contributed by atoms with Crippen molar-refractivity contribution in [2.45, 2.75) is 31.7 Å². The molecule has 1 aromatic heterocycles. The lowest BCUT2D eigenvalue weighted by Gasteiger charge is -2.10. The zero-order valence-corrected chi connectivity index (χ0v) is 15.3. The first-order valence-corrected chi connectivity index (χ1v) is 8.03. The Morgan fingerprint density at radius 1 is 1.30 bits per heavy atom. The molecule has 0 atom stereocenters. The number of halogens is 2. The molecule has 1 aliphatic carbocycles. The van der Waals surface area contributed by atoms with E-state index in [2.05, 4.69) is 39.9 Å². The third-order valence-electron chi connectivity index (χ3n) is 3.81. The van der Waals surface area contributed by atoms with Gasteiger partial charge in [-0.15, -0.1) is 36.2 Å². The number of rotatable bonds is 5. The molecule has 1 saturated carbocycles. The van der Waals surface area contributed by atoms with Gasteiger partial charge in [0.1, 0.15) is 0 Å². The molecule has 0 radical (unpaired) electrons. The number of nitrogens with zero attached hydrogens (tertiary/aromatic N) is 1. The molecule has 1 aromatic carbocycles. The molecule has 3 rings (SSSR count). The summed E-state index contributed by atoms with van der Waals surface area (Å²) in [6.07, 6.45) is 2.43. The lowest BCUT2D eigenvalue weighted by molar-refractivity contribution is -0.123. The molecule has 0 saturated heterocycles. The van der Waals surface area contributed by atoms with Crippen molar-refractivity contribution >= 4 is 42.1 Å². The van der Waals surface area contributed by atoms with Crippen LogP contribution in [-0.2, 0) is 11.2 Å². The van der Waals surface area contributed by atoms with Crippen LogP contribution in [0.3, 0.4) is 0 Å². The lowest BCUT2D eigenvalue weighted by Crippen LogP contribution is -2.43. The minimum Gasteiger partial charge on any atom is -0.354 e. The molecule has 4 nitrogen and oxygen atoms in total. The third kappa shape index (κ3) is 4.91. The van der Waals surface area contributed by atoms with Crippen LogP contribution in [0.1, 0.15) is 23.4 Å². The summed E-state index contributed by atoms with van der Waals surface area (Å²) in [4.78, 5) is 16.2. The smallest absolute Gasteiger partial charge is 0.240 e. The first-order chi connectivity index (χ1) is 10.1. The average Bonchev–Trinajstić information content (AvgIpc) is 3.09. The van der Waals surface area contributed by atoms with Crippen LogP contribution < -0.4 is 11.1 Å². The van der Waals surface area contributed by atoms with Crippen LogP contribution in [0.15, 0.2) is 29.6 Å². The van der Waals surface area contributed by atoms with Crippen molar-refractivity contribution in [2.75, 3.05) is 6.54 Å². The fourth-order valence-corrected chi connectivity index (χ4v) is 2.82. The highest BCUT2D eigenvalue weighted by Gasteiger charge is 2.45. The summed E-state index contributed by atoms with van der Waals surface area (Å²) in [5, 5.41) is 6.06. The molecule has 1 amide bonds. The standard InChI is InChI=1S/C16H19N3OS.2ClH/c1-11-19-14(10-21-11)13-4-2-12(3-5-13)6-9-18-15(20)16(17)7-8-16;;/h2-5,10H,6-9,17H2,1H3,(H,18,20);2*1H. The summed E-state index contributed by atoms with van der Waals surface area (Å²) in [6.45, 7) is 2.64. The monoisotopic (exact) mass is 373 g/mol. The molecule has 0 aliphatic heterocycles. The molecule has 126 valence electrons. The van der Waals surface area contributed by atoms with E-state index in [1.165, 1.54) is 5.56 Å². The molecule has 0 bridgehead atoms. The zero-order chi connectivity index (χ0) is 14.9. The molecule has 1 heterocycles. The van der Waals surface area contributed by atoms with Crippen LogP contribution in [-0.4, -0.2) is 23.0 Å². The second kappa shape index (κ2) is 8.11. The molecule has 1 aliphatic rings. The number of carbonyl (C=O) groups excluding carboxylic acids is 1. The number of carbonyl (C=O) groups is 1. The SMILES string of the molecule is Cc1nc(-c2ccc(CCNC(=O)C3(N)CC3)cc2)cs1.Cl.Cl. The van der Waals surface area contributed by atoms with Gasteiger partial charge in [-0.05, 0) is 31.7 Å². The van der Waals surface area contributed by atoms with E-state index in [0.717, 1.165) is 35.5 Å². The normalized spacial score (nSPS) is 14.3. The average molecular weight is 374 g/mol. The maximum absolute atomic E-state index is 11.7. The van der Waals surface area contributed by atoms with Crippen LogP contribution in [0.25, 0.3) is 11.3 Å². The maximum atomic E-state index is 11.7. The highest BCUT2D eigenvalue weighted by Crippen LogP contribution is 2.32. The largest absolute Gasteiger partial charge is 0.354 e. The third-order valence-corrected chi connectivity index (χ3v) is 4.58. The number of amides is 1. The van der Waals surface area contributed by atoms with Crippen molar-refractivity contribution in [2.24, 2.45) is 5.73 Å².